The van der Waals surface area contributed by atoms with Gasteiger partial charge in [0.25, 0.3) is 0 Å². The van der Waals surface area contributed by atoms with Crippen molar-refractivity contribution in [3.05, 3.63) is 0 Å². The van der Waals surface area contributed by atoms with E-state index in [0.717, 1.165) is 0 Å². The molecular weight excluding hydrogens is 90.1 g/mol. The highest BCUT2D eigenvalue weighted by molar-refractivity contribution is 5.56. The summed E-state index contributed by atoms with van der Waals surface area (Å²) in [5.74, 6) is 0. The van der Waals surface area contributed by atoms with Crippen LogP contribution in [-0.4, -0.2) is 12.0 Å². The van der Waals surface area contributed by atoms with E-state index in [1.807, 2.05) is 13.8 Å². The molecule has 0 saturated heterocycles. The van der Waals surface area contributed by atoms with Crippen molar-refractivity contribution < 1.29 is 0 Å². The van der Waals surface area contributed by atoms with E-state index >= 15 is 0 Å². The molecule has 0 saturated carbocycles. The van der Waals surface area contributed by atoms with E-state index in [9.17, 15) is 0 Å². The molecule has 38 valence electrons. The number of hydrogen-bond acceptors (Lipinski definition) is 3. The summed E-state index contributed by atoms with van der Waals surface area (Å²) in [7, 11) is 0. The lowest BCUT2D eigenvalue weighted by molar-refractivity contribution is 0.551. The van der Waals surface area contributed by atoms with Crippen molar-refractivity contribution in [3.8, 4) is 0 Å². The molecule has 0 bridgehead atoms. The quantitative estimate of drug-likeness (QED) is 0.435. The lowest BCUT2D eigenvalue weighted by atomic mass is 10.3. The van der Waals surface area contributed by atoms with Crippen LogP contribution in [0.3, 0.4) is 0 Å². The third kappa shape index (κ3) is 0.824. The topological polar surface area (TPSA) is 37.1 Å². The summed E-state index contributed by atoms with van der Waals surface area (Å²) in [6.45, 7) is 3.81. The number of azo groups is 1. The molecule has 0 unspecified atom stereocenters. The molecule has 0 spiro atoms. The molecule has 3 nitrogen and oxygen atoms in total. The van der Waals surface area contributed by atoms with E-state index in [0.29, 0.717) is 0 Å². The van der Waals surface area contributed by atoms with Gasteiger partial charge < -0.3 is 0 Å². The van der Waals surface area contributed by atoms with Crippen molar-refractivity contribution in [2.75, 3.05) is 0 Å². The minimum Gasteiger partial charge on any atom is -0.240 e. The maximum absolute atomic E-state index is 3.91. The van der Waals surface area contributed by atoms with Gasteiger partial charge in [0.1, 0.15) is 6.34 Å². The number of hydrogen-bond donors (Lipinski definition) is 0. The third-order valence-corrected chi connectivity index (χ3v) is 0.728. The molecule has 1 heterocycles. The van der Waals surface area contributed by atoms with Gasteiger partial charge in [0.2, 0.25) is 0 Å². The maximum atomic E-state index is 3.91. The van der Waals surface area contributed by atoms with Crippen LogP contribution in [0.5, 0.6) is 0 Å². The van der Waals surface area contributed by atoms with Crippen molar-refractivity contribution in [1.82, 2.24) is 0 Å². The smallest absolute Gasteiger partial charge is 0.167 e. The second kappa shape index (κ2) is 1.12. The van der Waals surface area contributed by atoms with Crippen molar-refractivity contribution in [2.24, 2.45) is 15.2 Å². The molecule has 0 atom stereocenters. The van der Waals surface area contributed by atoms with Gasteiger partial charge in [-0.3, -0.25) is 0 Å². The summed E-state index contributed by atoms with van der Waals surface area (Å²) in [6.07, 6.45) is 1.47. The van der Waals surface area contributed by atoms with Crippen LogP contribution in [0.1, 0.15) is 13.8 Å². The van der Waals surface area contributed by atoms with E-state index < -0.39 is 0 Å². The average Bonchev–Trinajstić information content (AvgIpc) is 1.84. The Bertz CT molecular complexity index is 109. The molecule has 0 amide bonds. The zero-order valence-corrected chi connectivity index (χ0v) is 4.42. The van der Waals surface area contributed by atoms with Gasteiger partial charge >= 0.3 is 0 Å². The Kier molecular flexibility index (Phi) is 0.708. The molecule has 0 aromatic carbocycles. The lowest BCUT2D eigenvalue weighted by Gasteiger charge is -2.03. The molecule has 3 heteroatoms. The van der Waals surface area contributed by atoms with Gasteiger partial charge in [0, 0.05) is 0 Å². The molecule has 0 N–H and O–H groups in total. The fourth-order valence-corrected chi connectivity index (χ4v) is 0.360. The predicted octanol–water partition coefficient (Wildman–Crippen LogP) is 1.22. The SMILES string of the molecule is CC1(C)N=CN=N1. The normalized spacial score (nSPS) is 23.7. The first-order valence-corrected chi connectivity index (χ1v) is 2.16. The van der Waals surface area contributed by atoms with Crippen LogP contribution in [0, 0.1) is 0 Å². The fraction of sp³-hybridized carbons (Fsp3) is 0.750. The van der Waals surface area contributed by atoms with Gasteiger partial charge in [0.15, 0.2) is 5.66 Å². The lowest BCUT2D eigenvalue weighted by Crippen LogP contribution is -2.07. The predicted molar refractivity (Wildman–Crippen MR) is 27.4 cm³/mol. The average molecular weight is 97.1 g/mol. The molecule has 7 heavy (non-hydrogen) atoms. The zero-order chi connectivity index (χ0) is 5.33. The van der Waals surface area contributed by atoms with Gasteiger partial charge in [-0.2, -0.15) is 5.11 Å². The van der Waals surface area contributed by atoms with Crippen LogP contribution in [0.25, 0.3) is 0 Å². The Morgan fingerprint density at radius 3 is 2.29 bits per heavy atom. The minimum atomic E-state index is -0.278. The molecule has 0 radical (unpaired) electrons. The van der Waals surface area contributed by atoms with Gasteiger partial charge in [-0.1, -0.05) is 0 Å². The van der Waals surface area contributed by atoms with E-state index in [4.69, 9.17) is 0 Å². The standard InChI is InChI=1S/C4H7N3/c1-4(2)5-3-6-7-4/h3H,1-2H3. The van der Waals surface area contributed by atoms with E-state index in [1.165, 1.54) is 6.34 Å². The van der Waals surface area contributed by atoms with E-state index in [-0.39, 0.29) is 5.66 Å². The minimum absolute atomic E-state index is 0.278. The van der Waals surface area contributed by atoms with Crippen molar-refractivity contribution in [3.63, 3.8) is 0 Å². The monoisotopic (exact) mass is 97.1 g/mol. The van der Waals surface area contributed by atoms with Gasteiger partial charge in [-0.25, -0.2) is 4.99 Å². The zero-order valence-electron chi connectivity index (χ0n) is 4.42. The number of aliphatic imine (C=N–C) groups is 1. The van der Waals surface area contributed by atoms with Crippen LogP contribution < -0.4 is 0 Å². The molecule has 0 aromatic heterocycles. The highest BCUT2D eigenvalue weighted by atomic mass is 15.3. The largest absolute Gasteiger partial charge is 0.240 e. The summed E-state index contributed by atoms with van der Waals surface area (Å²) in [5.41, 5.74) is -0.278. The second-order valence-corrected chi connectivity index (χ2v) is 1.95. The third-order valence-electron chi connectivity index (χ3n) is 0.728. The molecule has 1 aliphatic rings. The highest BCUT2D eigenvalue weighted by Gasteiger charge is 2.15. The van der Waals surface area contributed by atoms with Gasteiger partial charge in [0.05, 0.1) is 0 Å². The van der Waals surface area contributed by atoms with Crippen molar-refractivity contribution in [2.45, 2.75) is 19.5 Å². The molecule has 1 rings (SSSR count). The molecular formula is C4H7N3. The van der Waals surface area contributed by atoms with E-state index in [1.54, 1.807) is 0 Å². The van der Waals surface area contributed by atoms with Gasteiger partial charge in [-0.05, 0) is 13.8 Å². The van der Waals surface area contributed by atoms with Crippen LogP contribution in [0.4, 0.5) is 0 Å². The Morgan fingerprint density at radius 1 is 1.43 bits per heavy atom. The highest BCUT2D eigenvalue weighted by Crippen LogP contribution is 2.13. The Morgan fingerprint density at radius 2 is 2.14 bits per heavy atom. The second-order valence-electron chi connectivity index (χ2n) is 1.95. The summed E-state index contributed by atoms with van der Waals surface area (Å²) in [6, 6.07) is 0. The maximum Gasteiger partial charge on any atom is 0.167 e. The first-order chi connectivity index (χ1) is 3.21. The number of rotatable bonds is 0. The summed E-state index contributed by atoms with van der Waals surface area (Å²) in [4.78, 5) is 3.91. The summed E-state index contributed by atoms with van der Waals surface area (Å²) in [5, 5.41) is 7.34. The summed E-state index contributed by atoms with van der Waals surface area (Å²) < 4.78 is 0. The van der Waals surface area contributed by atoms with E-state index in [2.05, 4.69) is 15.2 Å². The first-order valence-electron chi connectivity index (χ1n) is 2.16. The molecule has 0 fully saturated rings. The first kappa shape index (κ1) is 4.43. The van der Waals surface area contributed by atoms with Gasteiger partial charge in [-0.15, -0.1) is 5.11 Å². The number of nitrogens with zero attached hydrogens (tertiary/aromatic N) is 3. The molecule has 0 aliphatic carbocycles. The van der Waals surface area contributed by atoms with Crippen molar-refractivity contribution >= 4 is 6.34 Å². The van der Waals surface area contributed by atoms with Crippen LogP contribution in [0.15, 0.2) is 15.2 Å². The Hall–Kier alpha value is -0.730. The molecule has 1 aliphatic heterocycles. The fourth-order valence-electron chi connectivity index (χ4n) is 0.360. The van der Waals surface area contributed by atoms with Crippen LogP contribution in [0.2, 0.25) is 0 Å². The Balaban J connectivity index is 2.77. The molecule has 0 aromatic rings. The van der Waals surface area contributed by atoms with Crippen molar-refractivity contribution in [1.29, 1.82) is 0 Å². The van der Waals surface area contributed by atoms with Crippen LogP contribution in [-0.2, 0) is 0 Å². The Labute approximate surface area is 42.2 Å². The van der Waals surface area contributed by atoms with Crippen LogP contribution >= 0.6 is 0 Å². The summed E-state index contributed by atoms with van der Waals surface area (Å²) >= 11 is 0.